The van der Waals surface area contributed by atoms with Gasteiger partial charge in [0.2, 0.25) is 5.91 Å². The molecule has 2 saturated carbocycles. The summed E-state index contributed by atoms with van der Waals surface area (Å²) in [6, 6.07) is 0.754. The zero-order chi connectivity index (χ0) is 15.0. The van der Waals surface area contributed by atoms with Crippen molar-refractivity contribution in [3.8, 4) is 0 Å². The smallest absolute Gasteiger partial charge is 0.268 e. The summed E-state index contributed by atoms with van der Waals surface area (Å²) >= 11 is 1.25. The van der Waals surface area contributed by atoms with Gasteiger partial charge in [-0.25, -0.2) is 4.98 Å². The average Bonchev–Trinajstić information content (AvgIpc) is 3.31. The van der Waals surface area contributed by atoms with Gasteiger partial charge in [-0.3, -0.25) is 9.59 Å². The van der Waals surface area contributed by atoms with Gasteiger partial charge < -0.3 is 21.3 Å². The second-order valence-corrected chi connectivity index (χ2v) is 6.65. The molecule has 0 spiro atoms. The van der Waals surface area contributed by atoms with Gasteiger partial charge in [-0.2, -0.15) is 0 Å². The summed E-state index contributed by atoms with van der Waals surface area (Å²) in [5.74, 6) is -0.171. The molecule has 1 heterocycles. The highest BCUT2D eigenvalue weighted by atomic mass is 32.1. The van der Waals surface area contributed by atoms with Crippen molar-refractivity contribution in [2.24, 2.45) is 0 Å². The number of nitrogens with one attached hydrogen (secondary N) is 2. The molecule has 2 aliphatic rings. The Bertz CT molecular complexity index is 565. The molecule has 0 bridgehead atoms. The molecule has 21 heavy (non-hydrogen) atoms. The summed E-state index contributed by atoms with van der Waals surface area (Å²) in [6.07, 6.45) is 4.32. The Hall–Kier alpha value is -1.83. The van der Waals surface area contributed by atoms with Crippen molar-refractivity contribution in [3.05, 3.63) is 4.88 Å². The molecule has 114 valence electrons. The summed E-state index contributed by atoms with van der Waals surface area (Å²) in [4.78, 5) is 30.0. The van der Waals surface area contributed by atoms with Crippen LogP contribution in [-0.2, 0) is 4.79 Å². The van der Waals surface area contributed by atoms with E-state index in [0.717, 1.165) is 25.7 Å². The molecule has 2 aliphatic carbocycles. The maximum atomic E-state index is 12.3. The van der Waals surface area contributed by atoms with Crippen LogP contribution in [0.5, 0.6) is 0 Å². The Morgan fingerprint density at radius 2 is 2.00 bits per heavy atom. The van der Waals surface area contributed by atoms with Crippen LogP contribution in [0.3, 0.4) is 0 Å². The first kappa shape index (κ1) is 14.1. The highest BCUT2D eigenvalue weighted by Gasteiger charge is 2.27. The fraction of sp³-hybridized carbons (Fsp3) is 0.615. The molecule has 0 radical (unpaired) electrons. The molecule has 8 heteroatoms. The Morgan fingerprint density at radius 3 is 2.62 bits per heavy atom. The minimum absolute atomic E-state index is 0.0397. The number of hydrogen-bond acceptors (Lipinski definition) is 6. The second kappa shape index (κ2) is 5.51. The van der Waals surface area contributed by atoms with Crippen LogP contribution >= 0.6 is 11.3 Å². The number of anilines is 2. The molecule has 2 amide bonds. The molecular weight excluding hydrogens is 290 g/mol. The number of hydrogen-bond donors (Lipinski definition) is 3. The van der Waals surface area contributed by atoms with E-state index in [1.165, 1.54) is 16.2 Å². The van der Waals surface area contributed by atoms with Crippen LogP contribution in [0, 0.1) is 0 Å². The quantitative estimate of drug-likeness (QED) is 0.716. The van der Waals surface area contributed by atoms with Crippen LogP contribution in [0.2, 0.25) is 0 Å². The number of nitrogens with zero attached hydrogens (tertiary/aromatic N) is 2. The van der Waals surface area contributed by atoms with Gasteiger partial charge in [0, 0.05) is 19.1 Å². The van der Waals surface area contributed by atoms with Crippen molar-refractivity contribution in [1.82, 2.24) is 15.2 Å². The SMILES string of the molecule is CN(CC(=O)NC1CC1)C(=O)c1sc(NC2CC2)nc1N. The Morgan fingerprint density at radius 1 is 1.33 bits per heavy atom. The molecular formula is C13H19N5O2S. The predicted molar refractivity (Wildman–Crippen MR) is 81.3 cm³/mol. The largest absolute Gasteiger partial charge is 0.382 e. The molecule has 0 saturated heterocycles. The van der Waals surface area contributed by atoms with Gasteiger partial charge in [0.05, 0.1) is 6.54 Å². The van der Waals surface area contributed by atoms with E-state index in [4.69, 9.17) is 5.73 Å². The summed E-state index contributed by atoms with van der Waals surface area (Å²) in [6.45, 7) is 0.0397. The van der Waals surface area contributed by atoms with Gasteiger partial charge >= 0.3 is 0 Å². The highest BCUT2D eigenvalue weighted by molar-refractivity contribution is 7.18. The van der Waals surface area contributed by atoms with Crippen molar-refractivity contribution in [3.63, 3.8) is 0 Å². The van der Waals surface area contributed by atoms with E-state index in [0.29, 0.717) is 22.1 Å². The third-order valence-electron chi connectivity index (χ3n) is 3.42. The fourth-order valence-electron chi connectivity index (χ4n) is 1.91. The van der Waals surface area contributed by atoms with Crippen LogP contribution in [-0.4, -0.2) is 47.4 Å². The standard InChI is InChI=1S/C13H19N5O2S/c1-18(6-9(19)15-7-2-3-7)12(20)10-11(14)17-13(21-10)16-8-4-5-8/h7-8H,2-6,14H2,1H3,(H,15,19)(H,16,17). The number of carbonyl (C=O) groups excluding carboxylic acids is 2. The molecule has 0 aliphatic heterocycles. The molecule has 3 rings (SSSR count). The number of thiazole rings is 1. The number of amides is 2. The van der Waals surface area contributed by atoms with Crippen molar-refractivity contribution < 1.29 is 9.59 Å². The lowest BCUT2D eigenvalue weighted by atomic mass is 10.4. The molecule has 1 aromatic rings. The predicted octanol–water partition coefficient (Wildman–Crippen LogP) is 0.650. The van der Waals surface area contributed by atoms with E-state index >= 15 is 0 Å². The Balaban J connectivity index is 1.59. The van der Waals surface area contributed by atoms with E-state index in [1.807, 2.05) is 0 Å². The Labute approximate surface area is 126 Å². The fourth-order valence-corrected chi connectivity index (χ4v) is 2.87. The van der Waals surface area contributed by atoms with E-state index in [9.17, 15) is 9.59 Å². The molecule has 0 atom stereocenters. The van der Waals surface area contributed by atoms with Gasteiger partial charge in [-0.15, -0.1) is 0 Å². The van der Waals surface area contributed by atoms with Crippen LogP contribution in [0.4, 0.5) is 10.9 Å². The van der Waals surface area contributed by atoms with E-state index < -0.39 is 0 Å². The topological polar surface area (TPSA) is 100 Å². The number of carbonyl (C=O) groups is 2. The number of rotatable bonds is 6. The molecule has 2 fully saturated rings. The molecule has 0 unspecified atom stereocenters. The van der Waals surface area contributed by atoms with Crippen LogP contribution in [0.25, 0.3) is 0 Å². The maximum absolute atomic E-state index is 12.3. The lowest BCUT2D eigenvalue weighted by Gasteiger charge is -2.15. The molecule has 1 aromatic heterocycles. The lowest BCUT2D eigenvalue weighted by Crippen LogP contribution is -2.39. The summed E-state index contributed by atoms with van der Waals surface area (Å²) < 4.78 is 0. The first-order valence-electron chi connectivity index (χ1n) is 7.10. The van der Waals surface area contributed by atoms with E-state index in [2.05, 4.69) is 15.6 Å². The summed E-state index contributed by atoms with van der Waals surface area (Å²) in [5, 5.41) is 6.76. The minimum Gasteiger partial charge on any atom is -0.382 e. The number of nitrogens with two attached hydrogens (primary N) is 1. The zero-order valence-corrected chi connectivity index (χ0v) is 12.7. The van der Waals surface area contributed by atoms with Gasteiger partial charge in [-0.1, -0.05) is 11.3 Å². The van der Waals surface area contributed by atoms with Crippen molar-refractivity contribution in [2.45, 2.75) is 37.8 Å². The van der Waals surface area contributed by atoms with Crippen LogP contribution in [0.15, 0.2) is 0 Å². The first-order valence-corrected chi connectivity index (χ1v) is 7.92. The highest BCUT2D eigenvalue weighted by Crippen LogP contribution is 2.31. The first-order chi connectivity index (χ1) is 10.0. The number of likely N-dealkylation sites (N-methyl/N-ethyl adjacent to an activating group) is 1. The van der Waals surface area contributed by atoms with Crippen LogP contribution < -0.4 is 16.4 Å². The number of nitrogen functional groups attached to an aromatic ring is 1. The summed E-state index contributed by atoms with van der Waals surface area (Å²) in [5.41, 5.74) is 5.81. The summed E-state index contributed by atoms with van der Waals surface area (Å²) in [7, 11) is 1.60. The third kappa shape index (κ3) is 3.63. The minimum atomic E-state index is -0.264. The lowest BCUT2D eigenvalue weighted by molar-refractivity contribution is -0.121. The normalized spacial score (nSPS) is 17.4. The van der Waals surface area contributed by atoms with Crippen molar-refractivity contribution in [1.29, 1.82) is 0 Å². The molecule has 7 nitrogen and oxygen atoms in total. The van der Waals surface area contributed by atoms with Gasteiger partial charge in [0.25, 0.3) is 5.91 Å². The van der Waals surface area contributed by atoms with Gasteiger partial charge in [0.15, 0.2) is 5.13 Å². The Kier molecular flexibility index (Phi) is 3.71. The van der Waals surface area contributed by atoms with Crippen molar-refractivity contribution >= 4 is 34.1 Å². The molecule has 0 aromatic carbocycles. The third-order valence-corrected chi connectivity index (χ3v) is 4.41. The zero-order valence-electron chi connectivity index (χ0n) is 11.9. The van der Waals surface area contributed by atoms with Crippen molar-refractivity contribution in [2.75, 3.05) is 24.6 Å². The monoisotopic (exact) mass is 309 g/mol. The van der Waals surface area contributed by atoms with E-state index in [-0.39, 0.29) is 24.2 Å². The number of aromatic nitrogens is 1. The van der Waals surface area contributed by atoms with Gasteiger partial charge in [0.1, 0.15) is 10.7 Å². The second-order valence-electron chi connectivity index (χ2n) is 5.65. The average molecular weight is 309 g/mol. The van der Waals surface area contributed by atoms with Crippen LogP contribution in [0.1, 0.15) is 35.4 Å². The maximum Gasteiger partial charge on any atom is 0.268 e. The van der Waals surface area contributed by atoms with E-state index in [1.54, 1.807) is 7.05 Å². The van der Waals surface area contributed by atoms with Gasteiger partial charge in [-0.05, 0) is 25.7 Å². The molecule has 4 N–H and O–H groups in total.